The molecule has 94 valence electrons. The molecule has 1 rings (SSSR count). The maximum atomic E-state index is 13.0. The largest absolute Gasteiger partial charge is 0.457 e. The lowest BCUT2D eigenvalue weighted by Crippen LogP contribution is -2.20. The van der Waals surface area contributed by atoms with Gasteiger partial charge in [0.2, 0.25) is 0 Å². The molecule has 1 aromatic rings. The number of rotatable bonds is 5. The molecule has 0 spiro atoms. The molecule has 0 aromatic heterocycles. The van der Waals surface area contributed by atoms with Gasteiger partial charge < -0.3 is 15.2 Å². The molecule has 0 bridgehead atoms. The van der Waals surface area contributed by atoms with E-state index in [0.29, 0.717) is 13.2 Å². The number of hydrogen-bond acceptors (Lipinski definition) is 4. The van der Waals surface area contributed by atoms with E-state index in [2.05, 4.69) is 0 Å². The van der Waals surface area contributed by atoms with Crippen LogP contribution in [-0.2, 0) is 9.47 Å². The van der Waals surface area contributed by atoms with Gasteiger partial charge in [0.1, 0.15) is 11.9 Å². The summed E-state index contributed by atoms with van der Waals surface area (Å²) in [5.41, 5.74) is 5.73. The van der Waals surface area contributed by atoms with E-state index in [1.807, 2.05) is 6.92 Å². The maximum Gasteiger partial charge on any atom is 0.338 e. The van der Waals surface area contributed by atoms with E-state index < -0.39 is 11.8 Å². The monoisotopic (exact) mass is 241 g/mol. The van der Waals surface area contributed by atoms with Crippen molar-refractivity contribution >= 4 is 11.7 Å². The zero-order valence-corrected chi connectivity index (χ0v) is 9.90. The highest BCUT2D eigenvalue weighted by Gasteiger charge is 2.13. The molecule has 0 aliphatic carbocycles. The predicted molar refractivity (Wildman–Crippen MR) is 62.2 cm³/mol. The van der Waals surface area contributed by atoms with Crippen LogP contribution in [0, 0.1) is 5.82 Å². The first kappa shape index (κ1) is 13.4. The lowest BCUT2D eigenvalue weighted by atomic mass is 10.2. The van der Waals surface area contributed by atoms with E-state index >= 15 is 0 Å². The fourth-order valence-electron chi connectivity index (χ4n) is 1.30. The Kier molecular flexibility index (Phi) is 4.90. The van der Waals surface area contributed by atoms with Gasteiger partial charge in [-0.05, 0) is 32.0 Å². The third-order valence-electron chi connectivity index (χ3n) is 2.02. The number of ether oxygens (including phenoxy) is 2. The number of benzene rings is 1. The zero-order chi connectivity index (χ0) is 12.8. The normalized spacial score (nSPS) is 12.2. The standard InChI is InChI=1S/C12H16FNO3/c1-3-16-7-8(2)17-12(15)9-4-10(13)6-11(14)5-9/h4-6,8H,3,7,14H2,1-2H3. The van der Waals surface area contributed by atoms with Gasteiger partial charge in [0.05, 0.1) is 12.2 Å². The summed E-state index contributed by atoms with van der Waals surface area (Å²) in [6, 6.07) is 3.60. The third kappa shape index (κ3) is 4.40. The molecular formula is C12H16FNO3. The highest BCUT2D eigenvalue weighted by atomic mass is 19.1. The SMILES string of the molecule is CCOCC(C)OC(=O)c1cc(N)cc(F)c1. The van der Waals surface area contributed by atoms with Crippen LogP contribution in [0.15, 0.2) is 18.2 Å². The molecule has 1 aromatic carbocycles. The average molecular weight is 241 g/mol. The molecule has 0 amide bonds. The quantitative estimate of drug-likeness (QED) is 0.632. The van der Waals surface area contributed by atoms with Gasteiger partial charge in [0.25, 0.3) is 0 Å². The molecule has 1 unspecified atom stereocenters. The third-order valence-corrected chi connectivity index (χ3v) is 2.02. The molecule has 0 aliphatic rings. The van der Waals surface area contributed by atoms with Crippen molar-refractivity contribution in [3.8, 4) is 0 Å². The Morgan fingerprint density at radius 2 is 2.18 bits per heavy atom. The Hall–Kier alpha value is -1.62. The first-order valence-corrected chi connectivity index (χ1v) is 5.37. The molecule has 0 saturated carbocycles. The summed E-state index contributed by atoms with van der Waals surface area (Å²) in [6.07, 6.45) is -0.382. The Morgan fingerprint density at radius 3 is 2.76 bits per heavy atom. The summed E-state index contributed by atoms with van der Waals surface area (Å²) in [5, 5.41) is 0. The molecule has 0 saturated heterocycles. The summed E-state index contributed by atoms with van der Waals surface area (Å²) in [5.74, 6) is -1.17. The second-order valence-electron chi connectivity index (χ2n) is 3.65. The van der Waals surface area contributed by atoms with E-state index in [0.717, 1.165) is 12.1 Å². The lowest BCUT2D eigenvalue weighted by Gasteiger charge is -2.13. The molecule has 5 heteroatoms. The summed E-state index contributed by atoms with van der Waals surface area (Å²) in [6.45, 7) is 4.42. The van der Waals surface area contributed by atoms with Crippen LogP contribution in [0.5, 0.6) is 0 Å². The van der Waals surface area contributed by atoms with Crippen molar-refractivity contribution in [2.75, 3.05) is 18.9 Å². The number of carbonyl (C=O) groups excluding carboxylic acids is 1. The zero-order valence-electron chi connectivity index (χ0n) is 9.90. The lowest BCUT2D eigenvalue weighted by molar-refractivity contribution is 0.00436. The predicted octanol–water partition coefficient (Wildman–Crippen LogP) is 1.99. The van der Waals surface area contributed by atoms with Gasteiger partial charge in [-0.15, -0.1) is 0 Å². The van der Waals surface area contributed by atoms with Crippen molar-refractivity contribution in [2.24, 2.45) is 0 Å². The first-order valence-electron chi connectivity index (χ1n) is 5.37. The highest BCUT2D eigenvalue weighted by molar-refractivity contribution is 5.90. The number of anilines is 1. The fourth-order valence-corrected chi connectivity index (χ4v) is 1.30. The molecule has 4 nitrogen and oxygen atoms in total. The number of halogens is 1. The molecule has 0 aliphatic heterocycles. The minimum atomic E-state index is -0.608. The summed E-state index contributed by atoms with van der Waals surface area (Å²) < 4.78 is 23.2. The van der Waals surface area contributed by atoms with Crippen LogP contribution in [0.4, 0.5) is 10.1 Å². The first-order chi connectivity index (χ1) is 8.02. The van der Waals surface area contributed by atoms with Gasteiger partial charge in [-0.25, -0.2) is 9.18 Å². The van der Waals surface area contributed by atoms with Crippen LogP contribution in [0.1, 0.15) is 24.2 Å². The number of nitrogen functional groups attached to an aromatic ring is 1. The minimum absolute atomic E-state index is 0.103. The molecule has 0 radical (unpaired) electrons. The van der Waals surface area contributed by atoms with E-state index in [4.69, 9.17) is 15.2 Å². The van der Waals surface area contributed by atoms with Gasteiger partial charge >= 0.3 is 5.97 Å². The van der Waals surface area contributed by atoms with Crippen LogP contribution in [0.25, 0.3) is 0 Å². The Balaban J connectivity index is 2.63. The molecule has 2 N–H and O–H groups in total. The van der Waals surface area contributed by atoms with Gasteiger partial charge in [-0.1, -0.05) is 0 Å². The maximum absolute atomic E-state index is 13.0. The van der Waals surface area contributed by atoms with Gasteiger partial charge in [0.15, 0.2) is 0 Å². The van der Waals surface area contributed by atoms with Crippen molar-refractivity contribution in [1.82, 2.24) is 0 Å². The summed E-state index contributed by atoms with van der Waals surface area (Å²) >= 11 is 0. The van der Waals surface area contributed by atoms with Crippen LogP contribution in [0.2, 0.25) is 0 Å². The van der Waals surface area contributed by atoms with Crippen LogP contribution < -0.4 is 5.73 Å². The highest BCUT2D eigenvalue weighted by Crippen LogP contribution is 2.12. The van der Waals surface area contributed by atoms with E-state index in [9.17, 15) is 9.18 Å². The van der Waals surface area contributed by atoms with Crippen molar-refractivity contribution < 1.29 is 18.7 Å². The molecule has 17 heavy (non-hydrogen) atoms. The van der Waals surface area contributed by atoms with Crippen LogP contribution in [0.3, 0.4) is 0 Å². The number of esters is 1. The minimum Gasteiger partial charge on any atom is -0.457 e. The number of nitrogens with two attached hydrogens (primary N) is 1. The molecule has 0 fully saturated rings. The molecule has 0 heterocycles. The van der Waals surface area contributed by atoms with E-state index in [-0.39, 0.29) is 17.4 Å². The van der Waals surface area contributed by atoms with Gasteiger partial charge in [-0.3, -0.25) is 0 Å². The van der Waals surface area contributed by atoms with E-state index in [1.165, 1.54) is 6.07 Å². The van der Waals surface area contributed by atoms with Crippen LogP contribution >= 0.6 is 0 Å². The second-order valence-corrected chi connectivity index (χ2v) is 3.65. The Bertz CT molecular complexity index is 375. The van der Waals surface area contributed by atoms with Gasteiger partial charge in [0, 0.05) is 12.3 Å². The molecule has 1 atom stereocenters. The topological polar surface area (TPSA) is 61.5 Å². The number of carbonyl (C=O) groups is 1. The summed E-state index contributed by atoms with van der Waals surface area (Å²) in [7, 11) is 0. The van der Waals surface area contributed by atoms with Crippen molar-refractivity contribution in [2.45, 2.75) is 20.0 Å². The summed E-state index contributed by atoms with van der Waals surface area (Å²) in [4.78, 5) is 11.6. The van der Waals surface area contributed by atoms with Crippen molar-refractivity contribution in [1.29, 1.82) is 0 Å². The van der Waals surface area contributed by atoms with Crippen molar-refractivity contribution in [3.05, 3.63) is 29.6 Å². The Labute approximate surface area is 99.5 Å². The average Bonchev–Trinajstić information content (AvgIpc) is 2.25. The number of hydrogen-bond donors (Lipinski definition) is 1. The second kappa shape index (κ2) is 6.20. The van der Waals surface area contributed by atoms with Crippen LogP contribution in [-0.4, -0.2) is 25.3 Å². The fraction of sp³-hybridized carbons (Fsp3) is 0.417. The smallest absolute Gasteiger partial charge is 0.338 e. The molecular weight excluding hydrogens is 225 g/mol. The van der Waals surface area contributed by atoms with Crippen molar-refractivity contribution in [3.63, 3.8) is 0 Å². The van der Waals surface area contributed by atoms with Gasteiger partial charge in [-0.2, -0.15) is 0 Å². The Morgan fingerprint density at radius 1 is 1.47 bits per heavy atom. The van der Waals surface area contributed by atoms with E-state index in [1.54, 1.807) is 6.92 Å².